The Morgan fingerprint density at radius 3 is 2.81 bits per heavy atom. The minimum Gasteiger partial charge on any atom is -0.366 e. The highest BCUT2D eigenvalue weighted by Crippen LogP contribution is 2.35. The Morgan fingerprint density at radius 2 is 2.08 bits per heavy atom. The Kier molecular flexibility index (Phi) is 7.21. The van der Waals surface area contributed by atoms with E-state index in [9.17, 15) is 9.59 Å². The second kappa shape index (κ2) is 10.7. The van der Waals surface area contributed by atoms with Gasteiger partial charge in [0.05, 0.1) is 23.0 Å². The van der Waals surface area contributed by atoms with Crippen molar-refractivity contribution in [1.82, 2.24) is 9.78 Å². The third-order valence-corrected chi connectivity index (χ3v) is 7.99. The number of anilines is 2. The first-order chi connectivity index (χ1) is 17.9. The maximum Gasteiger partial charge on any atom is 0.249 e. The maximum atomic E-state index is 12.4. The summed E-state index contributed by atoms with van der Waals surface area (Å²) in [6, 6.07) is 16.0. The number of aldehydes is 1. The average molecular weight is 515 g/mol. The van der Waals surface area contributed by atoms with Crippen molar-refractivity contribution in [2.75, 3.05) is 11.9 Å². The molecule has 1 amide bonds. The molecule has 5 rings (SSSR count). The molecule has 1 saturated heterocycles. The number of aromatic nitrogens is 2. The Hall–Kier alpha value is -3.75. The van der Waals surface area contributed by atoms with Gasteiger partial charge in [0.2, 0.25) is 5.91 Å². The van der Waals surface area contributed by atoms with Crippen LogP contribution in [0.4, 0.5) is 11.4 Å². The molecule has 7 nitrogen and oxygen atoms in total. The van der Waals surface area contributed by atoms with Crippen molar-refractivity contribution >= 4 is 34.9 Å². The number of hydrogen-bond acceptors (Lipinski definition) is 6. The lowest BCUT2D eigenvalue weighted by molar-refractivity contribution is -0.0394. The first-order valence-electron chi connectivity index (χ1n) is 12.5. The van der Waals surface area contributed by atoms with Crippen LogP contribution in [0.5, 0.6) is 0 Å². The van der Waals surface area contributed by atoms with Gasteiger partial charge in [-0.1, -0.05) is 25.1 Å². The molecule has 8 heteroatoms. The first kappa shape index (κ1) is 24.9. The summed E-state index contributed by atoms with van der Waals surface area (Å²) in [5, 5.41) is 7.88. The van der Waals surface area contributed by atoms with Gasteiger partial charge in [-0.25, -0.2) is 4.68 Å². The van der Waals surface area contributed by atoms with Crippen molar-refractivity contribution < 1.29 is 14.3 Å². The highest BCUT2D eigenvalue weighted by molar-refractivity contribution is 7.17. The number of amides is 1. The molecule has 37 heavy (non-hydrogen) atoms. The van der Waals surface area contributed by atoms with E-state index >= 15 is 0 Å². The van der Waals surface area contributed by atoms with Gasteiger partial charge >= 0.3 is 0 Å². The summed E-state index contributed by atoms with van der Waals surface area (Å²) in [4.78, 5) is 25.2. The number of rotatable bonds is 8. The maximum absolute atomic E-state index is 12.4. The zero-order chi connectivity index (χ0) is 25.9. The molecular formula is C29H30N4O3S. The molecule has 1 unspecified atom stereocenters. The average Bonchev–Trinajstić information content (AvgIpc) is 3.60. The molecule has 4 aromatic rings. The topological polar surface area (TPSA) is 99.2 Å². The second-order valence-corrected chi connectivity index (χ2v) is 10.5. The molecule has 1 fully saturated rings. The quantitative estimate of drug-likeness (QED) is 0.264. The zero-order valence-corrected chi connectivity index (χ0v) is 21.8. The van der Waals surface area contributed by atoms with Crippen LogP contribution >= 0.6 is 11.3 Å². The molecule has 0 spiro atoms. The van der Waals surface area contributed by atoms with Gasteiger partial charge in [0.1, 0.15) is 6.23 Å². The summed E-state index contributed by atoms with van der Waals surface area (Å²) >= 11 is 1.47. The molecule has 3 N–H and O–H groups in total. The lowest BCUT2D eigenvalue weighted by atomic mass is 9.86. The lowest BCUT2D eigenvalue weighted by Gasteiger charge is -2.22. The van der Waals surface area contributed by atoms with Gasteiger partial charge in [-0.15, -0.1) is 11.3 Å². The van der Waals surface area contributed by atoms with Gasteiger partial charge in [0, 0.05) is 28.7 Å². The van der Waals surface area contributed by atoms with E-state index in [1.165, 1.54) is 11.3 Å². The molecule has 3 heterocycles. The predicted octanol–water partition coefficient (Wildman–Crippen LogP) is 6.43. The number of nitrogens with zero attached hydrogens (tertiary/aromatic N) is 2. The number of nitrogens with two attached hydrogens (primary N) is 1. The van der Waals surface area contributed by atoms with Crippen LogP contribution in [-0.2, 0) is 4.74 Å². The molecule has 0 aliphatic carbocycles. The fourth-order valence-electron chi connectivity index (χ4n) is 4.89. The van der Waals surface area contributed by atoms with Crippen LogP contribution in [0.25, 0.3) is 10.4 Å². The van der Waals surface area contributed by atoms with Crippen LogP contribution in [0.1, 0.15) is 75.1 Å². The summed E-state index contributed by atoms with van der Waals surface area (Å²) < 4.78 is 7.69. The van der Waals surface area contributed by atoms with E-state index in [-0.39, 0.29) is 12.1 Å². The van der Waals surface area contributed by atoms with E-state index in [0.717, 1.165) is 70.7 Å². The standard InChI is InChI=1S/C29H30N4O3S/c1-18(20-6-5-7-21(12-20)27-10-9-24(17-34)37-27)25-13-22(14-26(19(25)2)29(30)35)32-23-15-31-33(16-23)28-8-3-4-11-36-28/h5-7,9-10,12-18,28,32H,3-4,8,11H2,1-2H3,(H2,30,35)/t18-,28?/m1/s1. The number of thiophene rings is 1. The Morgan fingerprint density at radius 1 is 1.22 bits per heavy atom. The van der Waals surface area contributed by atoms with Gasteiger partial charge in [0.15, 0.2) is 6.29 Å². The van der Waals surface area contributed by atoms with Crippen molar-refractivity contribution in [3.05, 3.63) is 88.1 Å². The van der Waals surface area contributed by atoms with E-state index in [1.807, 2.05) is 42.1 Å². The van der Waals surface area contributed by atoms with Gasteiger partial charge < -0.3 is 15.8 Å². The number of carbonyl (C=O) groups excluding carboxylic acids is 2. The summed E-state index contributed by atoms with van der Waals surface area (Å²) in [5.74, 6) is -0.460. The SMILES string of the molecule is Cc1c(C(N)=O)cc(Nc2cnn(C3CCCCO3)c2)cc1[C@H](C)c1cccc(-c2ccc(C=O)s2)c1. The molecule has 2 aromatic carbocycles. The summed E-state index contributed by atoms with van der Waals surface area (Å²) in [5.41, 5.74) is 11.9. The fourth-order valence-corrected chi connectivity index (χ4v) is 5.70. The molecule has 0 saturated carbocycles. The predicted molar refractivity (Wildman–Crippen MR) is 147 cm³/mol. The fraction of sp³-hybridized carbons (Fsp3) is 0.276. The number of benzene rings is 2. The van der Waals surface area contributed by atoms with Crippen molar-refractivity contribution in [2.45, 2.75) is 45.3 Å². The molecule has 2 aromatic heterocycles. The Labute approximate surface area is 220 Å². The van der Waals surface area contributed by atoms with Crippen molar-refractivity contribution in [1.29, 1.82) is 0 Å². The molecule has 0 bridgehead atoms. The van der Waals surface area contributed by atoms with Gasteiger partial charge in [0.25, 0.3) is 0 Å². The highest BCUT2D eigenvalue weighted by Gasteiger charge is 2.20. The molecule has 1 aliphatic heterocycles. The normalized spacial score (nSPS) is 16.3. The van der Waals surface area contributed by atoms with Gasteiger partial charge in [-0.2, -0.15) is 5.10 Å². The molecule has 0 radical (unpaired) electrons. The molecule has 190 valence electrons. The van der Waals surface area contributed by atoms with Crippen LogP contribution in [0.2, 0.25) is 0 Å². The monoisotopic (exact) mass is 514 g/mol. The first-order valence-corrected chi connectivity index (χ1v) is 13.3. The summed E-state index contributed by atoms with van der Waals surface area (Å²) in [6.07, 6.45) is 7.68. The van der Waals surface area contributed by atoms with Crippen LogP contribution in [0.15, 0.2) is 60.9 Å². The van der Waals surface area contributed by atoms with Crippen LogP contribution < -0.4 is 11.1 Å². The third kappa shape index (κ3) is 5.35. The number of primary amides is 1. The zero-order valence-electron chi connectivity index (χ0n) is 20.9. The van der Waals surface area contributed by atoms with E-state index in [4.69, 9.17) is 10.5 Å². The second-order valence-electron chi connectivity index (χ2n) is 9.42. The molecule has 1 aliphatic rings. The Balaban J connectivity index is 1.45. The third-order valence-electron chi connectivity index (χ3n) is 6.93. The van der Waals surface area contributed by atoms with E-state index < -0.39 is 5.91 Å². The largest absolute Gasteiger partial charge is 0.366 e. The van der Waals surface area contributed by atoms with Crippen LogP contribution in [0, 0.1) is 6.92 Å². The minimum absolute atomic E-state index is 0.00339. The number of nitrogens with one attached hydrogen (secondary N) is 1. The van der Waals surface area contributed by atoms with E-state index in [2.05, 4.69) is 35.5 Å². The number of carbonyl (C=O) groups is 2. The van der Waals surface area contributed by atoms with Crippen LogP contribution in [0.3, 0.4) is 0 Å². The van der Waals surface area contributed by atoms with Crippen molar-refractivity contribution in [3.8, 4) is 10.4 Å². The number of ether oxygens (including phenoxy) is 1. The van der Waals surface area contributed by atoms with E-state index in [0.29, 0.717) is 10.4 Å². The Bertz CT molecular complexity index is 1430. The van der Waals surface area contributed by atoms with E-state index in [1.54, 1.807) is 12.3 Å². The van der Waals surface area contributed by atoms with Crippen molar-refractivity contribution in [3.63, 3.8) is 0 Å². The van der Waals surface area contributed by atoms with Crippen LogP contribution in [-0.4, -0.2) is 28.6 Å². The summed E-state index contributed by atoms with van der Waals surface area (Å²) in [7, 11) is 0. The van der Waals surface area contributed by atoms with Gasteiger partial charge in [-0.05, 0) is 78.8 Å². The highest BCUT2D eigenvalue weighted by atomic mass is 32.1. The van der Waals surface area contributed by atoms with Crippen molar-refractivity contribution in [2.24, 2.45) is 5.73 Å². The summed E-state index contributed by atoms with van der Waals surface area (Å²) in [6.45, 7) is 4.81. The minimum atomic E-state index is -0.463. The molecule has 2 atom stereocenters. The number of hydrogen-bond donors (Lipinski definition) is 2. The molecular weight excluding hydrogens is 484 g/mol. The lowest BCUT2D eigenvalue weighted by Crippen LogP contribution is -2.18. The smallest absolute Gasteiger partial charge is 0.249 e. The van der Waals surface area contributed by atoms with Gasteiger partial charge in [-0.3, -0.25) is 9.59 Å².